The van der Waals surface area contributed by atoms with Crippen molar-refractivity contribution in [3.8, 4) is 0 Å². The van der Waals surface area contributed by atoms with Crippen molar-refractivity contribution in [3.05, 3.63) is 41.3 Å². The Morgan fingerprint density at radius 3 is 2.11 bits per heavy atom. The van der Waals surface area contributed by atoms with E-state index in [1.54, 1.807) is 13.8 Å². The summed E-state index contributed by atoms with van der Waals surface area (Å²) in [5.41, 5.74) is 1.36. The third kappa shape index (κ3) is 3.79. The fraction of sp³-hybridized carbons (Fsp3) is 0.471. The van der Waals surface area contributed by atoms with Gasteiger partial charge in [-0.2, -0.15) is 8.61 Å². The Morgan fingerprint density at radius 1 is 1.04 bits per heavy atom. The zero-order valence-corrected chi connectivity index (χ0v) is 17.2. The van der Waals surface area contributed by atoms with E-state index in [0.717, 1.165) is 12.8 Å². The third-order valence-corrected chi connectivity index (χ3v) is 8.53. The molecule has 0 spiro atoms. The molecule has 10 heteroatoms. The molecular weight excluding hydrogens is 390 g/mol. The summed E-state index contributed by atoms with van der Waals surface area (Å²) in [5.74, 6) is 0.571. The van der Waals surface area contributed by atoms with Gasteiger partial charge in [0.05, 0.1) is 15.5 Å². The number of aryl methyl sites for hydroxylation is 2. The molecule has 27 heavy (non-hydrogen) atoms. The zero-order valence-electron chi connectivity index (χ0n) is 15.5. The molecule has 0 amide bonds. The van der Waals surface area contributed by atoms with Crippen LogP contribution in [0.2, 0.25) is 0 Å². The standard InChI is InChI=1S/C17H23N3O5S2/c1-13-17(14(2)25-18-13)12-19(3)26(21,22)15-6-8-16(9-7-15)27(23,24)20-10-4-5-11-20/h6-9H,4-5,10-12H2,1-3H3. The number of sulfonamides is 2. The first-order valence-electron chi connectivity index (χ1n) is 8.62. The molecule has 1 aromatic carbocycles. The molecule has 0 aliphatic carbocycles. The quantitative estimate of drug-likeness (QED) is 0.717. The lowest BCUT2D eigenvalue weighted by atomic mass is 10.2. The first-order chi connectivity index (χ1) is 12.6. The highest BCUT2D eigenvalue weighted by Gasteiger charge is 2.28. The minimum atomic E-state index is -3.77. The molecule has 1 fully saturated rings. The molecule has 8 nitrogen and oxygen atoms in total. The van der Waals surface area contributed by atoms with E-state index < -0.39 is 20.0 Å². The average molecular weight is 414 g/mol. The van der Waals surface area contributed by atoms with Crippen LogP contribution in [0.25, 0.3) is 0 Å². The predicted octanol–water partition coefficient (Wildman–Crippen LogP) is 1.90. The van der Waals surface area contributed by atoms with Crippen LogP contribution in [0.3, 0.4) is 0 Å². The van der Waals surface area contributed by atoms with Crippen LogP contribution in [0.5, 0.6) is 0 Å². The molecule has 2 aromatic rings. The highest BCUT2D eigenvalue weighted by atomic mass is 32.2. The number of hydrogen-bond acceptors (Lipinski definition) is 6. The Bertz CT molecular complexity index is 1000. The van der Waals surface area contributed by atoms with Crippen molar-refractivity contribution in [2.45, 2.75) is 43.0 Å². The van der Waals surface area contributed by atoms with Gasteiger partial charge in [0, 0.05) is 32.2 Å². The van der Waals surface area contributed by atoms with Gasteiger partial charge >= 0.3 is 0 Å². The maximum Gasteiger partial charge on any atom is 0.243 e. The van der Waals surface area contributed by atoms with E-state index in [9.17, 15) is 16.8 Å². The van der Waals surface area contributed by atoms with E-state index in [0.29, 0.717) is 30.1 Å². The molecule has 1 saturated heterocycles. The van der Waals surface area contributed by atoms with E-state index in [4.69, 9.17) is 4.52 Å². The van der Waals surface area contributed by atoms with Crippen LogP contribution >= 0.6 is 0 Å². The molecule has 1 aliphatic rings. The first kappa shape index (κ1) is 20.0. The molecule has 0 unspecified atom stereocenters. The van der Waals surface area contributed by atoms with E-state index in [1.807, 2.05) is 0 Å². The van der Waals surface area contributed by atoms with Gasteiger partial charge in [0.2, 0.25) is 20.0 Å². The number of hydrogen-bond donors (Lipinski definition) is 0. The van der Waals surface area contributed by atoms with Crippen molar-refractivity contribution in [3.63, 3.8) is 0 Å². The fourth-order valence-corrected chi connectivity index (χ4v) is 5.73. The van der Waals surface area contributed by atoms with Crippen LogP contribution in [0.1, 0.15) is 29.9 Å². The Kier molecular flexibility index (Phi) is 5.44. The summed E-state index contributed by atoms with van der Waals surface area (Å²) in [5, 5.41) is 3.83. The summed E-state index contributed by atoms with van der Waals surface area (Å²) < 4.78 is 58.5. The lowest BCUT2D eigenvalue weighted by Crippen LogP contribution is -2.28. The third-order valence-electron chi connectivity index (χ3n) is 4.80. The van der Waals surface area contributed by atoms with Crippen molar-refractivity contribution < 1.29 is 21.4 Å². The maximum atomic E-state index is 12.8. The molecule has 2 heterocycles. The molecule has 0 saturated carbocycles. The van der Waals surface area contributed by atoms with Gasteiger partial charge < -0.3 is 4.52 Å². The lowest BCUT2D eigenvalue weighted by Gasteiger charge is -2.18. The summed E-state index contributed by atoms with van der Waals surface area (Å²) in [6, 6.07) is 5.37. The molecule has 1 aliphatic heterocycles. The Hall–Kier alpha value is -1.75. The van der Waals surface area contributed by atoms with Crippen LogP contribution in [-0.4, -0.2) is 50.7 Å². The molecule has 3 rings (SSSR count). The van der Waals surface area contributed by atoms with Gasteiger partial charge in [-0.3, -0.25) is 0 Å². The van der Waals surface area contributed by atoms with Gasteiger partial charge in [-0.1, -0.05) is 5.16 Å². The van der Waals surface area contributed by atoms with Gasteiger partial charge in [-0.15, -0.1) is 0 Å². The zero-order chi connectivity index (χ0) is 19.8. The second kappa shape index (κ2) is 7.34. The summed E-state index contributed by atoms with van der Waals surface area (Å²) in [6.45, 7) is 4.61. The van der Waals surface area contributed by atoms with E-state index in [-0.39, 0.29) is 16.3 Å². The largest absolute Gasteiger partial charge is 0.361 e. The number of aromatic nitrogens is 1. The van der Waals surface area contributed by atoms with Crippen LogP contribution in [-0.2, 0) is 26.6 Å². The van der Waals surface area contributed by atoms with E-state index in [1.165, 1.54) is 39.9 Å². The number of rotatable bonds is 6. The summed E-state index contributed by atoms with van der Waals surface area (Å²) >= 11 is 0. The maximum absolute atomic E-state index is 12.8. The molecule has 148 valence electrons. The fourth-order valence-electron chi connectivity index (χ4n) is 3.08. The predicted molar refractivity (Wildman–Crippen MR) is 99.1 cm³/mol. The Balaban J connectivity index is 1.83. The van der Waals surface area contributed by atoms with Gasteiger partial charge in [0.25, 0.3) is 0 Å². The minimum Gasteiger partial charge on any atom is -0.361 e. The highest BCUT2D eigenvalue weighted by Crippen LogP contribution is 2.24. The number of nitrogens with zero attached hydrogens (tertiary/aromatic N) is 3. The number of benzene rings is 1. The Morgan fingerprint density at radius 2 is 1.59 bits per heavy atom. The SMILES string of the molecule is Cc1noc(C)c1CN(C)S(=O)(=O)c1ccc(S(=O)(=O)N2CCCC2)cc1. The summed E-state index contributed by atoms with van der Waals surface area (Å²) in [6.07, 6.45) is 1.69. The molecule has 0 N–H and O–H groups in total. The van der Waals surface area contributed by atoms with E-state index >= 15 is 0 Å². The van der Waals surface area contributed by atoms with Crippen molar-refractivity contribution in [2.24, 2.45) is 0 Å². The van der Waals surface area contributed by atoms with Crippen LogP contribution < -0.4 is 0 Å². The second-order valence-corrected chi connectivity index (χ2v) is 10.6. The van der Waals surface area contributed by atoms with Gasteiger partial charge in [-0.05, 0) is 51.0 Å². The summed E-state index contributed by atoms with van der Waals surface area (Å²) in [7, 11) is -5.88. The molecule has 0 radical (unpaired) electrons. The molecular formula is C17H23N3O5S2. The van der Waals surface area contributed by atoms with Crippen LogP contribution in [0.4, 0.5) is 0 Å². The minimum absolute atomic E-state index is 0.0390. The van der Waals surface area contributed by atoms with E-state index in [2.05, 4.69) is 5.16 Å². The smallest absolute Gasteiger partial charge is 0.243 e. The van der Waals surface area contributed by atoms with Crippen molar-refractivity contribution in [1.82, 2.24) is 13.8 Å². The molecule has 0 bridgehead atoms. The van der Waals surface area contributed by atoms with Gasteiger partial charge in [0.15, 0.2) is 0 Å². The monoisotopic (exact) mass is 413 g/mol. The average Bonchev–Trinajstić information content (AvgIpc) is 3.28. The lowest BCUT2D eigenvalue weighted by molar-refractivity contribution is 0.390. The van der Waals surface area contributed by atoms with Crippen LogP contribution in [0, 0.1) is 13.8 Å². The summed E-state index contributed by atoms with van der Waals surface area (Å²) in [4.78, 5) is 0.147. The highest BCUT2D eigenvalue weighted by molar-refractivity contribution is 7.89. The first-order valence-corrected chi connectivity index (χ1v) is 11.5. The van der Waals surface area contributed by atoms with Gasteiger partial charge in [-0.25, -0.2) is 16.8 Å². The van der Waals surface area contributed by atoms with Crippen molar-refractivity contribution >= 4 is 20.0 Å². The normalized spacial score (nSPS) is 16.3. The topological polar surface area (TPSA) is 101 Å². The van der Waals surface area contributed by atoms with Gasteiger partial charge in [0.1, 0.15) is 5.76 Å². The van der Waals surface area contributed by atoms with Crippen molar-refractivity contribution in [2.75, 3.05) is 20.1 Å². The molecule has 1 aromatic heterocycles. The van der Waals surface area contributed by atoms with Crippen molar-refractivity contribution in [1.29, 1.82) is 0 Å². The molecule has 0 atom stereocenters. The Labute approximate surface area is 159 Å². The second-order valence-electron chi connectivity index (χ2n) is 6.65. The van der Waals surface area contributed by atoms with Crippen LogP contribution in [0.15, 0.2) is 38.6 Å².